The molecule has 0 saturated carbocycles. The molecule has 2 aromatic rings. The second-order valence-corrected chi connectivity index (χ2v) is 16.7. The third-order valence-corrected chi connectivity index (χ3v) is 4.58. The van der Waals surface area contributed by atoms with Crippen LogP contribution in [0.2, 0.25) is 39.3 Å². The average Bonchev–Trinajstić information content (AvgIpc) is 2.27. The smallest absolute Gasteiger partial charge is 0.244 e. The van der Waals surface area contributed by atoms with Crippen molar-refractivity contribution < 1.29 is 4.43 Å². The fourth-order valence-electron chi connectivity index (χ4n) is 1.84. The fourth-order valence-corrected chi connectivity index (χ4v) is 3.34. The van der Waals surface area contributed by atoms with E-state index in [1.54, 1.807) is 0 Å². The van der Waals surface area contributed by atoms with Gasteiger partial charge in [-0.15, -0.1) is 0 Å². The predicted molar refractivity (Wildman–Crippen MR) is 95.5 cm³/mol. The molecule has 0 aliphatic rings. The van der Waals surface area contributed by atoms with Crippen molar-refractivity contribution in [1.29, 1.82) is 0 Å². The Bertz CT molecular complexity index is 707. The number of anilines is 1. The van der Waals surface area contributed by atoms with Gasteiger partial charge in [0.15, 0.2) is 11.2 Å². The van der Waals surface area contributed by atoms with E-state index in [2.05, 4.69) is 64.2 Å². The summed E-state index contributed by atoms with van der Waals surface area (Å²) in [5.41, 5.74) is 2.99. The van der Waals surface area contributed by atoms with Crippen molar-refractivity contribution in [3.05, 3.63) is 11.4 Å². The second kappa shape index (κ2) is 5.58. The van der Waals surface area contributed by atoms with E-state index in [4.69, 9.17) is 4.43 Å². The van der Waals surface area contributed by atoms with Crippen molar-refractivity contribution in [2.24, 2.45) is 0 Å². The van der Waals surface area contributed by atoms with Gasteiger partial charge in [0, 0.05) is 0 Å². The van der Waals surface area contributed by atoms with Crippen LogP contribution in [0.4, 0.5) is 5.95 Å². The number of hydrogen-bond acceptors (Lipinski definition) is 6. The Morgan fingerprint density at radius 3 is 1.95 bits per heavy atom. The minimum atomic E-state index is -1.80. The van der Waals surface area contributed by atoms with Gasteiger partial charge in [0.2, 0.25) is 20.1 Å². The molecule has 2 heterocycles. The molecular formula is C14H25N5OSi2. The van der Waals surface area contributed by atoms with Crippen LogP contribution in [0.3, 0.4) is 0 Å². The summed E-state index contributed by atoms with van der Waals surface area (Å²) in [7, 11) is -3.36. The summed E-state index contributed by atoms with van der Waals surface area (Å²) < 4.78 is 6.13. The van der Waals surface area contributed by atoms with Gasteiger partial charge in [-0.2, -0.15) is 9.97 Å². The molecule has 0 aliphatic carbocycles. The molecule has 6 nitrogen and oxygen atoms in total. The van der Waals surface area contributed by atoms with Gasteiger partial charge < -0.3 is 9.41 Å². The molecule has 2 rings (SSSR count). The molecular weight excluding hydrogens is 310 g/mol. The van der Waals surface area contributed by atoms with Crippen molar-refractivity contribution in [1.82, 2.24) is 19.9 Å². The largest absolute Gasteiger partial charge is 0.530 e. The minimum absolute atomic E-state index is 0.542. The van der Waals surface area contributed by atoms with E-state index >= 15 is 0 Å². The van der Waals surface area contributed by atoms with Crippen molar-refractivity contribution in [2.75, 3.05) is 4.98 Å². The molecule has 0 aliphatic heterocycles. The zero-order valence-corrected chi connectivity index (χ0v) is 16.7. The number of nitrogens with one attached hydrogen (secondary N) is 1. The van der Waals surface area contributed by atoms with Crippen LogP contribution in [-0.2, 0) is 0 Å². The topological polar surface area (TPSA) is 72.8 Å². The Morgan fingerprint density at radius 1 is 0.818 bits per heavy atom. The van der Waals surface area contributed by atoms with Gasteiger partial charge in [0.25, 0.3) is 0 Å². The van der Waals surface area contributed by atoms with Crippen molar-refractivity contribution >= 4 is 33.7 Å². The van der Waals surface area contributed by atoms with Crippen molar-refractivity contribution in [2.45, 2.75) is 53.1 Å². The van der Waals surface area contributed by atoms with Crippen LogP contribution in [0, 0.1) is 13.8 Å². The predicted octanol–water partition coefficient (Wildman–Crippen LogP) is 3.50. The highest BCUT2D eigenvalue weighted by Gasteiger charge is 2.23. The van der Waals surface area contributed by atoms with Gasteiger partial charge in [-0.25, -0.2) is 9.97 Å². The molecule has 0 unspecified atom stereocenters. The molecule has 8 heteroatoms. The first-order valence-electron chi connectivity index (χ1n) is 7.45. The Kier molecular flexibility index (Phi) is 4.27. The highest BCUT2D eigenvalue weighted by Crippen LogP contribution is 2.25. The summed E-state index contributed by atoms with van der Waals surface area (Å²) in [4.78, 5) is 21.7. The first-order valence-corrected chi connectivity index (χ1v) is 14.4. The van der Waals surface area contributed by atoms with Gasteiger partial charge >= 0.3 is 0 Å². The lowest BCUT2D eigenvalue weighted by Crippen LogP contribution is -2.34. The standard InChI is InChI=1S/C14H25N5OSi2/c1-9-10(2)16-12-11(15-9)13(20-22(6,7)8)18-14(17-12)19-21(3,4)5/h1-8H3,(H,16,17,18,19). The molecule has 22 heavy (non-hydrogen) atoms. The molecule has 0 spiro atoms. The van der Waals surface area contributed by atoms with Gasteiger partial charge in [-0.05, 0) is 33.5 Å². The van der Waals surface area contributed by atoms with Crippen molar-refractivity contribution in [3.8, 4) is 5.88 Å². The zero-order valence-electron chi connectivity index (χ0n) is 14.7. The summed E-state index contributed by atoms with van der Waals surface area (Å²) >= 11 is 0. The summed E-state index contributed by atoms with van der Waals surface area (Å²) in [5, 5.41) is 0. The lowest BCUT2D eigenvalue weighted by atomic mass is 10.3. The molecule has 0 saturated heterocycles. The maximum Gasteiger partial charge on any atom is 0.244 e. The number of nitrogens with zero attached hydrogens (tertiary/aromatic N) is 4. The highest BCUT2D eigenvalue weighted by molar-refractivity contribution is 6.79. The van der Waals surface area contributed by atoms with Crippen LogP contribution in [0.5, 0.6) is 5.88 Å². The molecule has 1 N–H and O–H groups in total. The number of fused-ring (bicyclic) bond motifs is 1. The van der Waals surface area contributed by atoms with Crippen LogP contribution in [-0.4, -0.2) is 36.5 Å². The maximum atomic E-state index is 6.13. The van der Waals surface area contributed by atoms with Crippen LogP contribution in [0.1, 0.15) is 11.4 Å². The Hall–Kier alpha value is -1.55. The van der Waals surface area contributed by atoms with E-state index < -0.39 is 16.6 Å². The normalized spacial score (nSPS) is 12.5. The average molecular weight is 336 g/mol. The summed E-state index contributed by atoms with van der Waals surface area (Å²) in [5.74, 6) is 1.12. The molecule has 120 valence electrons. The molecule has 2 aromatic heterocycles. The molecule has 0 atom stereocenters. The van der Waals surface area contributed by atoms with E-state index in [9.17, 15) is 0 Å². The Morgan fingerprint density at radius 2 is 1.41 bits per heavy atom. The maximum absolute atomic E-state index is 6.13. The summed E-state index contributed by atoms with van der Waals surface area (Å²) in [6, 6.07) is 0. The molecule has 0 radical (unpaired) electrons. The van der Waals surface area contributed by atoms with Crippen LogP contribution in [0.25, 0.3) is 11.2 Å². The lowest BCUT2D eigenvalue weighted by Gasteiger charge is -2.22. The summed E-state index contributed by atoms with van der Waals surface area (Å²) in [6.07, 6.45) is 0. The Balaban J connectivity index is 2.63. The minimum Gasteiger partial charge on any atom is -0.530 e. The van der Waals surface area contributed by atoms with Gasteiger partial charge in [0.1, 0.15) is 8.24 Å². The second-order valence-electron chi connectivity index (χ2n) is 7.51. The molecule has 0 aromatic carbocycles. The van der Waals surface area contributed by atoms with Crippen molar-refractivity contribution in [3.63, 3.8) is 0 Å². The SMILES string of the molecule is Cc1nc2nc(N[Si](C)(C)C)nc(O[Si](C)(C)C)c2nc1C. The summed E-state index contributed by atoms with van der Waals surface area (Å²) in [6.45, 7) is 16.9. The van der Waals surface area contributed by atoms with Gasteiger partial charge in [-0.1, -0.05) is 19.6 Å². The van der Waals surface area contributed by atoms with Gasteiger partial charge in [-0.3, -0.25) is 0 Å². The fraction of sp³-hybridized carbons (Fsp3) is 0.571. The van der Waals surface area contributed by atoms with Crippen LogP contribution in [0.15, 0.2) is 0 Å². The Labute approximate surface area is 134 Å². The van der Waals surface area contributed by atoms with E-state index in [0.717, 1.165) is 11.4 Å². The quantitative estimate of drug-likeness (QED) is 0.862. The number of hydrogen-bond donors (Lipinski definition) is 1. The van der Waals surface area contributed by atoms with E-state index in [0.29, 0.717) is 23.0 Å². The van der Waals surface area contributed by atoms with Crippen LogP contribution >= 0.6 is 0 Å². The van der Waals surface area contributed by atoms with E-state index in [1.807, 2.05) is 13.8 Å². The number of aryl methyl sites for hydroxylation is 2. The van der Waals surface area contributed by atoms with E-state index in [1.165, 1.54) is 0 Å². The third kappa shape index (κ3) is 4.23. The zero-order chi connectivity index (χ0) is 16.7. The first-order chi connectivity index (χ1) is 9.94. The molecule has 0 fully saturated rings. The highest BCUT2D eigenvalue weighted by atomic mass is 28.4. The van der Waals surface area contributed by atoms with Gasteiger partial charge in [0.05, 0.1) is 11.4 Å². The molecule has 0 bridgehead atoms. The first kappa shape index (κ1) is 16.8. The number of aromatic nitrogens is 4. The van der Waals surface area contributed by atoms with Crippen LogP contribution < -0.4 is 9.41 Å². The lowest BCUT2D eigenvalue weighted by molar-refractivity contribution is 0.539. The molecule has 0 amide bonds. The third-order valence-electron chi connectivity index (χ3n) is 2.80. The monoisotopic (exact) mass is 335 g/mol. The van der Waals surface area contributed by atoms with E-state index in [-0.39, 0.29) is 0 Å². The number of rotatable bonds is 4.